The number of carboxylic acid groups (broad SMARTS) is 1. The van der Waals surface area contributed by atoms with Crippen molar-refractivity contribution in [1.82, 2.24) is 9.62 Å². The van der Waals surface area contributed by atoms with E-state index in [1.54, 1.807) is 6.07 Å². The zero-order chi connectivity index (χ0) is 30.2. The van der Waals surface area contributed by atoms with Gasteiger partial charge < -0.3 is 15.5 Å². The zero-order valence-corrected chi connectivity index (χ0v) is 26.1. The predicted molar refractivity (Wildman–Crippen MR) is 165 cm³/mol. The molecule has 0 fully saturated rings. The first-order chi connectivity index (χ1) is 19.3. The number of benzene rings is 2. The molecule has 7 nitrogen and oxygen atoms in total. The van der Waals surface area contributed by atoms with Gasteiger partial charge in [0.1, 0.15) is 4.90 Å². The summed E-state index contributed by atoms with van der Waals surface area (Å²) in [6.45, 7) is 4.24. The van der Waals surface area contributed by atoms with Crippen molar-refractivity contribution in [3.63, 3.8) is 0 Å². The summed E-state index contributed by atoms with van der Waals surface area (Å²) in [5.41, 5.74) is 2.30. The number of nitrogens with zero attached hydrogens (tertiary/aromatic N) is 1. The molecule has 0 aliphatic heterocycles. The number of carbonyl (C=O) groups is 1. The molecule has 0 spiro atoms. The Morgan fingerprint density at radius 3 is 2.56 bits per heavy atom. The summed E-state index contributed by atoms with van der Waals surface area (Å²) >= 11 is 12.8. The third-order valence-electron chi connectivity index (χ3n) is 7.26. The lowest BCUT2D eigenvalue weighted by Crippen LogP contribution is -2.46. The fourth-order valence-corrected chi connectivity index (χ4v) is 7.28. The Labute approximate surface area is 253 Å². The summed E-state index contributed by atoms with van der Waals surface area (Å²) in [4.78, 5) is 11.0. The molecule has 0 aromatic heterocycles. The Kier molecular flexibility index (Phi) is 12.0. The second-order valence-corrected chi connectivity index (χ2v) is 14.1. The first-order valence-corrected chi connectivity index (χ1v) is 16.0. The highest BCUT2D eigenvalue weighted by Crippen LogP contribution is 2.39. The standard InChI is InChI=1S/C31H40Cl2N2O5S/c1-31(2,16-8-12-22-9-5-4-6-10-22)34-20-26(36)21-35(3)41(39,40)30-27(18-25(32)19-28(30)33)24-13-7-11-23(17-24)14-15-29(37)38/h4-7,9-11,17-19,24,26,34,36H,8,12-16,20-21H2,1-3H3,(H,37,38)/t24?,26-/m1/s1. The second-order valence-electron chi connectivity index (χ2n) is 11.2. The lowest BCUT2D eigenvalue weighted by molar-refractivity contribution is -0.136. The number of likely N-dealkylation sites (N-methyl/N-ethyl adjacent to an activating group) is 1. The molecule has 2 aromatic rings. The Bertz CT molecular complexity index is 1360. The van der Waals surface area contributed by atoms with Crippen LogP contribution in [0.15, 0.2) is 71.2 Å². The quantitative estimate of drug-likeness (QED) is 0.218. The largest absolute Gasteiger partial charge is 0.481 e. The molecule has 41 heavy (non-hydrogen) atoms. The van der Waals surface area contributed by atoms with E-state index in [9.17, 15) is 18.3 Å². The van der Waals surface area contributed by atoms with Crippen molar-refractivity contribution >= 4 is 39.2 Å². The summed E-state index contributed by atoms with van der Waals surface area (Å²) in [5.74, 6) is -1.25. The normalized spacial score (nSPS) is 16.6. The number of hydrogen-bond acceptors (Lipinski definition) is 5. The molecule has 2 atom stereocenters. The van der Waals surface area contributed by atoms with Crippen molar-refractivity contribution in [2.45, 2.75) is 74.8 Å². The van der Waals surface area contributed by atoms with E-state index < -0.39 is 22.1 Å². The molecule has 0 heterocycles. The van der Waals surface area contributed by atoms with E-state index in [1.807, 2.05) is 36.4 Å². The number of allylic oxidation sites excluding steroid dienone is 4. The van der Waals surface area contributed by atoms with Crippen LogP contribution < -0.4 is 5.32 Å². The topological polar surface area (TPSA) is 107 Å². The number of hydrogen-bond donors (Lipinski definition) is 3. The highest BCUT2D eigenvalue weighted by Gasteiger charge is 2.32. The minimum absolute atomic E-state index is 0.00144. The molecule has 1 unspecified atom stereocenters. The molecule has 10 heteroatoms. The number of carboxylic acids is 1. The SMILES string of the molecule is CN(C[C@H](O)CNC(C)(C)CCCc1ccccc1)S(=O)(=O)c1c(Cl)cc(Cl)cc1C1C=C(CCC(=O)O)C=CC1. The highest BCUT2D eigenvalue weighted by atomic mass is 35.5. The van der Waals surface area contributed by atoms with Crippen LogP contribution in [0.5, 0.6) is 0 Å². The van der Waals surface area contributed by atoms with E-state index in [4.69, 9.17) is 28.3 Å². The number of nitrogens with one attached hydrogen (secondary N) is 1. The number of rotatable bonds is 15. The van der Waals surface area contributed by atoms with E-state index >= 15 is 0 Å². The van der Waals surface area contributed by atoms with Gasteiger partial charge in [0.25, 0.3) is 0 Å². The van der Waals surface area contributed by atoms with Crippen LogP contribution in [0.2, 0.25) is 10.0 Å². The molecule has 0 saturated heterocycles. The summed E-state index contributed by atoms with van der Waals surface area (Å²) < 4.78 is 28.7. The third kappa shape index (κ3) is 9.94. The smallest absolute Gasteiger partial charge is 0.303 e. The van der Waals surface area contributed by atoms with E-state index in [2.05, 4.69) is 31.3 Å². The van der Waals surface area contributed by atoms with Gasteiger partial charge in [-0.2, -0.15) is 4.31 Å². The highest BCUT2D eigenvalue weighted by molar-refractivity contribution is 7.89. The van der Waals surface area contributed by atoms with Gasteiger partial charge in [0.05, 0.1) is 11.1 Å². The number of sulfonamides is 1. The van der Waals surface area contributed by atoms with Crippen molar-refractivity contribution in [1.29, 1.82) is 0 Å². The molecule has 0 saturated carbocycles. The second kappa shape index (κ2) is 14.8. The minimum Gasteiger partial charge on any atom is -0.481 e. The molecule has 224 valence electrons. The molecule has 0 radical (unpaired) electrons. The number of aliphatic hydroxyl groups is 1. The minimum atomic E-state index is -4.10. The Hall–Kier alpha value is -2.20. The molecular weight excluding hydrogens is 583 g/mol. The number of aliphatic carboxylic acids is 1. The van der Waals surface area contributed by atoms with Gasteiger partial charge in [-0.05, 0) is 69.2 Å². The molecule has 2 aromatic carbocycles. The van der Waals surface area contributed by atoms with Crippen LogP contribution in [-0.4, -0.2) is 60.7 Å². The molecule has 1 aliphatic carbocycles. The number of aryl methyl sites for hydroxylation is 1. The van der Waals surface area contributed by atoms with Gasteiger partial charge in [-0.1, -0.05) is 77.3 Å². The zero-order valence-electron chi connectivity index (χ0n) is 23.8. The summed E-state index contributed by atoms with van der Waals surface area (Å²) in [7, 11) is -2.67. The predicted octanol–water partition coefficient (Wildman–Crippen LogP) is 6.20. The first kappa shape index (κ1) is 33.3. The third-order valence-corrected chi connectivity index (χ3v) is 9.83. The molecule has 3 N–H and O–H groups in total. The fourth-order valence-electron chi connectivity index (χ4n) is 4.99. The van der Waals surface area contributed by atoms with Gasteiger partial charge >= 0.3 is 5.97 Å². The van der Waals surface area contributed by atoms with Gasteiger partial charge in [0.15, 0.2) is 0 Å². The van der Waals surface area contributed by atoms with E-state index in [1.165, 1.54) is 18.7 Å². The lowest BCUT2D eigenvalue weighted by Gasteiger charge is -2.29. The van der Waals surface area contributed by atoms with Crippen molar-refractivity contribution in [2.24, 2.45) is 0 Å². The Morgan fingerprint density at radius 1 is 1.17 bits per heavy atom. The number of halogens is 2. The lowest BCUT2D eigenvalue weighted by atomic mass is 9.88. The molecular formula is C31H40Cl2N2O5S. The van der Waals surface area contributed by atoms with Crippen LogP contribution in [-0.2, 0) is 21.2 Å². The van der Waals surface area contributed by atoms with Crippen molar-refractivity contribution in [2.75, 3.05) is 20.1 Å². The van der Waals surface area contributed by atoms with Crippen LogP contribution in [0.25, 0.3) is 0 Å². The van der Waals surface area contributed by atoms with Crippen molar-refractivity contribution in [3.05, 3.63) is 87.4 Å². The van der Waals surface area contributed by atoms with E-state index in [-0.39, 0.29) is 40.9 Å². The van der Waals surface area contributed by atoms with Gasteiger partial charge in [-0.25, -0.2) is 8.42 Å². The van der Waals surface area contributed by atoms with Crippen LogP contribution in [0, 0.1) is 0 Å². The van der Waals surface area contributed by atoms with Gasteiger partial charge in [0, 0.05) is 43.0 Å². The maximum absolute atomic E-state index is 13.8. The summed E-state index contributed by atoms with van der Waals surface area (Å²) in [6, 6.07) is 13.3. The van der Waals surface area contributed by atoms with Crippen LogP contribution in [0.3, 0.4) is 0 Å². The summed E-state index contributed by atoms with van der Waals surface area (Å²) in [5, 5.41) is 23.5. The van der Waals surface area contributed by atoms with Crippen LogP contribution >= 0.6 is 23.2 Å². The van der Waals surface area contributed by atoms with E-state index in [0.29, 0.717) is 23.4 Å². The average molecular weight is 624 g/mol. The molecule has 0 bridgehead atoms. The van der Waals surface area contributed by atoms with Gasteiger partial charge in [-0.15, -0.1) is 0 Å². The van der Waals surface area contributed by atoms with Crippen LogP contribution in [0.1, 0.15) is 63.0 Å². The van der Waals surface area contributed by atoms with Crippen LogP contribution in [0.4, 0.5) is 0 Å². The Morgan fingerprint density at radius 2 is 1.88 bits per heavy atom. The van der Waals surface area contributed by atoms with Crippen molar-refractivity contribution in [3.8, 4) is 0 Å². The maximum Gasteiger partial charge on any atom is 0.303 e. The fraction of sp³-hybridized carbons (Fsp3) is 0.452. The maximum atomic E-state index is 13.8. The first-order valence-electron chi connectivity index (χ1n) is 13.8. The van der Waals surface area contributed by atoms with Gasteiger partial charge in [0.2, 0.25) is 10.0 Å². The van der Waals surface area contributed by atoms with E-state index in [0.717, 1.165) is 29.1 Å². The average Bonchev–Trinajstić information content (AvgIpc) is 2.91. The molecule has 1 aliphatic rings. The monoisotopic (exact) mass is 622 g/mol. The van der Waals surface area contributed by atoms with Crippen molar-refractivity contribution < 1.29 is 23.4 Å². The molecule has 3 rings (SSSR count). The Balaban J connectivity index is 1.68. The number of β-amino-alcohol motifs (C(OH)–C–C–N with tert-alkyl or cyclic N) is 1. The summed E-state index contributed by atoms with van der Waals surface area (Å²) in [6.07, 6.45) is 8.35. The molecule has 0 amide bonds. The van der Waals surface area contributed by atoms with Gasteiger partial charge in [-0.3, -0.25) is 4.79 Å². The number of aliphatic hydroxyl groups excluding tert-OH is 1.